The van der Waals surface area contributed by atoms with Crippen molar-refractivity contribution >= 4 is 15.9 Å². The summed E-state index contributed by atoms with van der Waals surface area (Å²) in [7, 11) is 2.03. The van der Waals surface area contributed by atoms with E-state index in [4.69, 9.17) is 0 Å². The van der Waals surface area contributed by atoms with Gasteiger partial charge in [-0.1, -0.05) is 47.8 Å². The quantitative estimate of drug-likeness (QED) is 0.825. The highest BCUT2D eigenvalue weighted by Gasteiger charge is 2.09. The van der Waals surface area contributed by atoms with E-state index in [1.54, 1.807) is 0 Å². The number of likely N-dealkylation sites (N-methyl/N-ethyl adjacent to an activating group) is 1. The summed E-state index contributed by atoms with van der Waals surface area (Å²) in [6, 6.07) is 8.71. The van der Waals surface area contributed by atoms with Crippen LogP contribution in [0.3, 0.4) is 0 Å². The molecular weight excluding hydrogens is 250 g/mol. The van der Waals surface area contributed by atoms with Crippen LogP contribution in [0.5, 0.6) is 0 Å². The first-order valence-corrected chi connectivity index (χ1v) is 6.47. The molecule has 0 fully saturated rings. The summed E-state index contributed by atoms with van der Waals surface area (Å²) in [4.78, 5) is 0. The molecule has 0 bridgehead atoms. The van der Waals surface area contributed by atoms with E-state index in [9.17, 15) is 0 Å². The number of halogens is 1. The van der Waals surface area contributed by atoms with Crippen molar-refractivity contribution in [3.8, 4) is 0 Å². The number of rotatable bonds is 6. The molecule has 0 amide bonds. The van der Waals surface area contributed by atoms with E-state index in [2.05, 4.69) is 52.4 Å². The predicted octanol–water partition coefficient (Wildman–Crippen LogP) is 3.94. The lowest BCUT2D eigenvalue weighted by Crippen LogP contribution is -2.17. The van der Waals surface area contributed by atoms with Crippen molar-refractivity contribution in [2.45, 2.75) is 32.1 Å². The van der Waals surface area contributed by atoms with Crippen molar-refractivity contribution in [1.29, 1.82) is 0 Å². The molecule has 0 aliphatic rings. The molecule has 1 unspecified atom stereocenters. The van der Waals surface area contributed by atoms with E-state index >= 15 is 0 Å². The number of hydrogen-bond acceptors (Lipinski definition) is 1. The molecule has 2 heteroatoms. The van der Waals surface area contributed by atoms with Crippen molar-refractivity contribution in [2.24, 2.45) is 0 Å². The van der Waals surface area contributed by atoms with Gasteiger partial charge in [-0.25, -0.2) is 0 Å². The first-order valence-electron chi connectivity index (χ1n) is 5.68. The molecule has 15 heavy (non-hydrogen) atoms. The zero-order chi connectivity index (χ0) is 11.1. The second kappa shape index (κ2) is 7.02. The molecule has 0 aliphatic heterocycles. The number of hydrogen-bond donors (Lipinski definition) is 1. The molecule has 0 radical (unpaired) electrons. The fraction of sp³-hybridized carbons (Fsp3) is 0.538. The Bertz CT molecular complexity index is 268. The minimum atomic E-state index is 0.656. The van der Waals surface area contributed by atoms with Gasteiger partial charge in [-0.2, -0.15) is 0 Å². The van der Waals surface area contributed by atoms with Crippen LogP contribution in [-0.2, 0) is 0 Å². The van der Waals surface area contributed by atoms with Crippen molar-refractivity contribution in [3.63, 3.8) is 0 Å². The van der Waals surface area contributed by atoms with Crippen LogP contribution < -0.4 is 5.32 Å². The van der Waals surface area contributed by atoms with Gasteiger partial charge in [-0.15, -0.1) is 0 Å². The third-order valence-electron chi connectivity index (χ3n) is 2.70. The molecule has 1 nitrogen and oxygen atoms in total. The molecule has 0 aliphatic carbocycles. The predicted molar refractivity (Wildman–Crippen MR) is 70.3 cm³/mol. The van der Waals surface area contributed by atoms with Crippen LogP contribution >= 0.6 is 15.9 Å². The molecule has 1 rings (SSSR count). The first-order chi connectivity index (χ1) is 7.27. The Morgan fingerprint density at radius 2 is 1.93 bits per heavy atom. The lowest BCUT2D eigenvalue weighted by Gasteiger charge is -2.16. The van der Waals surface area contributed by atoms with Gasteiger partial charge in [-0.3, -0.25) is 0 Å². The first kappa shape index (κ1) is 12.7. The topological polar surface area (TPSA) is 12.0 Å². The molecule has 1 atom stereocenters. The fourth-order valence-corrected chi connectivity index (χ4v) is 2.08. The molecule has 0 saturated heterocycles. The van der Waals surface area contributed by atoms with Crippen molar-refractivity contribution < 1.29 is 0 Å². The third-order valence-corrected chi connectivity index (χ3v) is 3.23. The van der Waals surface area contributed by atoms with Gasteiger partial charge in [-0.05, 0) is 37.1 Å². The maximum atomic E-state index is 3.47. The Hall–Kier alpha value is -0.340. The lowest BCUT2D eigenvalue weighted by molar-refractivity contribution is 0.555. The average Bonchev–Trinajstić information content (AvgIpc) is 2.25. The van der Waals surface area contributed by atoms with Crippen LogP contribution in [-0.4, -0.2) is 13.6 Å². The standard InChI is InChI=1S/C13H20BrN/c1-3-4-5-12(10-15-2)11-6-8-13(14)9-7-11/h6-9,12,15H,3-5,10H2,1-2H3. The van der Waals surface area contributed by atoms with Gasteiger partial charge in [0.2, 0.25) is 0 Å². The van der Waals surface area contributed by atoms with Gasteiger partial charge in [0.1, 0.15) is 0 Å². The highest BCUT2D eigenvalue weighted by atomic mass is 79.9. The second-order valence-corrected chi connectivity index (χ2v) is 4.86. The highest BCUT2D eigenvalue weighted by molar-refractivity contribution is 9.10. The van der Waals surface area contributed by atoms with E-state index in [1.807, 2.05) is 7.05 Å². The Balaban J connectivity index is 2.65. The summed E-state index contributed by atoms with van der Waals surface area (Å²) in [5.41, 5.74) is 1.45. The smallest absolute Gasteiger partial charge is 0.0175 e. The maximum absolute atomic E-state index is 3.47. The fourth-order valence-electron chi connectivity index (χ4n) is 1.82. The summed E-state index contributed by atoms with van der Waals surface area (Å²) in [6.07, 6.45) is 3.86. The largest absolute Gasteiger partial charge is 0.319 e. The van der Waals surface area contributed by atoms with Gasteiger partial charge in [0, 0.05) is 11.0 Å². The summed E-state index contributed by atoms with van der Waals surface area (Å²) in [5.74, 6) is 0.656. The molecular formula is C13H20BrN. The minimum Gasteiger partial charge on any atom is -0.319 e. The van der Waals surface area contributed by atoms with Gasteiger partial charge >= 0.3 is 0 Å². The molecule has 84 valence electrons. The minimum absolute atomic E-state index is 0.656. The van der Waals surface area contributed by atoms with Crippen LogP contribution in [0.4, 0.5) is 0 Å². The van der Waals surface area contributed by atoms with Crippen LogP contribution in [0, 0.1) is 0 Å². The monoisotopic (exact) mass is 269 g/mol. The van der Waals surface area contributed by atoms with E-state index in [1.165, 1.54) is 24.8 Å². The van der Waals surface area contributed by atoms with Crippen LogP contribution in [0.2, 0.25) is 0 Å². The molecule has 0 aromatic heterocycles. The maximum Gasteiger partial charge on any atom is 0.0175 e. The van der Waals surface area contributed by atoms with Gasteiger partial charge < -0.3 is 5.32 Å². The van der Waals surface area contributed by atoms with Crippen molar-refractivity contribution in [2.75, 3.05) is 13.6 Å². The van der Waals surface area contributed by atoms with E-state index in [0.29, 0.717) is 5.92 Å². The van der Waals surface area contributed by atoms with Crippen molar-refractivity contribution in [1.82, 2.24) is 5.32 Å². The second-order valence-electron chi connectivity index (χ2n) is 3.95. The highest BCUT2D eigenvalue weighted by Crippen LogP contribution is 2.23. The molecule has 1 N–H and O–H groups in total. The Morgan fingerprint density at radius 1 is 1.27 bits per heavy atom. The van der Waals surface area contributed by atoms with E-state index < -0.39 is 0 Å². The van der Waals surface area contributed by atoms with Crippen LogP contribution in [0.15, 0.2) is 28.7 Å². The normalized spacial score (nSPS) is 12.7. The Labute approximate surface area is 101 Å². The summed E-state index contributed by atoms with van der Waals surface area (Å²) >= 11 is 3.47. The van der Waals surface area contributed by atoms with Gasteiger partial charge in [0.15, 0.2) is 0 Å². The number of nitrogens with one attached hydrogen (secondary N) is 1. The van der Waals surface area contributed by atoms with E-state index in [0.717, 1.165) is 11.0 Å². The zero-order valence-electron chi connectivity index (χ0n) is 9.59. The molecule has 1 aromatic rings. The van der Waals surface area contributed by atoms with Gasteiger partial charge in [0.05, 0.1) is 0 Å². The Kier molecular flexibility index (Phi) is 5.96. The Morgan fingerprint density at radius 3 is 2.47 bits per heavy atom. The van der Waals surface area contributed by atoms with E-state index in [-0.39, 0.29) is 0 Å². The van der Waals surface area contributed by atoms with Crippen LogP contribution in [0.25, 0.3) is 0 Å². The summed E-state index contributed by atoms with van der Waals surface area (Å²) in [5, 5.41) is 3.28. The molecule has 0 spiro atoms. The van der Waals surface area contributed by atoms with Crippen molar-refractivity contribution in [3.05, 3.63) is 34.3 Å². The lowest BCUT2D eigenvalue weighted by atomic mass is 9.94. The SMILES string of the molecule is CCCCC(CNC)c1ccc(Br)cc1. The average molecular weight is 270 g/mol. The summed E-state index contributed by atoms with van der Waals surface area (Å²) < 4.78 is 1.16. The molecule has 0 heterocycles. The number of benzene rings is 1. The van der Waals surface area contributed by atoms with Gasteiger partial charge in [0.25, 0.3) is 0 Å². The number of unbranched alkanes of at least 4 members (excludes halogenated alkanes) is 1. The van der Waals surface area contributed by atoms with Crippen LogP contribution in [0.1, 0.15) is 37.7 Å². The molecule has 1 aromatic carbocycles. The molecule has 0 saturated carbocycles. The third kappa shape index (κ3) is 4.35. The zero-order valence-corrected chi connectivity index (χ0v) is 11.2. The summed E-state index contributed by atoms with van der Waals surface area (Å²) in [6.45, 7) is 3.32.